The third-order valence-electron chi connectivity index (χ3n) is 3.42. The van der Waals surface area contributed by atoms with Gasteiger partial charge in [-0.15, -0.1) is 0 Å². The highest BCUT2D eigenvalue weighted by molar-refractivity contribution is 5.60. The predicted octanol–water partition coefficient (Wildman–Crippen LogP) is 3.24. The SMILES string of the molecule is Oc1ccc([C@@H]2C=Cc3ccccc3[C@@H]2O)cc1. The number of benzene rings is 2. The van der Waals surface area contributed by atoms with Crippen LogP contribution < -0.4 is 0 Å². The highest BCUT2D eigenvalue weighted by Crippen LogP contribution is 2.38. The Balaban J connectivity index is 2.00. The number of rotatable bonds is 1. The summed E-state index contributed by atoms with van der Waals surface area (Å²) < 4.78 is 0. The smallest absolute Gasteiger partial charge is 0.115 e. The molecule has 0 fully saturated rings. The van der Waals surface area contributed by atoms with E-state index in [0.717, 1.165) is 16.7 Å². The number of aromatic hydroxyl groups is 1. The Morgan fingerprint density at radius 1 is 0.889 bits per heavy atom. The van der Waals surface area contributed by atoms with Crippen molar-refractivity contribution in [2.45, 2.75) is 12.0 Å². The Bertz CT molecular complexity index is 584. The van der Waals surface area contributed by atoms with E-state index in [4.69, 9.17) is 0 Å². The lowest BCUT2D eigenvalue weighted by Gasteiger charge is -2.26. The molecule has 2 aromatic rings. The van der Waals surface area contributed by atoms with Crippen LogP contribution in [0.2, 0.25) is 0 Å². The molecule has 2 heteroatoms. The average molecular weight is 238 g/mol. The third-order valence-corrected chi connectivity index (χ3v) is 3.42. The molecule has 0 spiro atoms. The van der Waals surface area contributed by atoms with Crippen LogP contribution in [-0.4, -0.2) is 10.2 Å². The maximum Gasteiger partial charge on any atom is 0.115 e. The Morgan fingerprint density at radius 2 is 1.61 bits per heavy atom. The predicted molar refractivity (Wildman–Crippen MR) is 71.3 cm³/mol. The second-order valence-electron chi connectivity index (χ2n) is 4.55. The summed E-state index contributed by atoms with van der Waals surface area (Å²) >= 11 is 0. The van der Waals surface area contributed by atoms with Crippen LogP contribution in [0.15, 0.2) is 54.6 Å². The Labute approximate surface area is 106 Å². The van der Waals surface area contributed by atoms with Crippen LogP contribution in [0, 0.1) is 0 Å². The first kappa shape index (κ1) is 11.1. The second kappa shape index (κ2) is 4.31. The van der Waals surface area contributed by atoms with Crippen molar-refractivity contribution in [1.29, 1.82) is 0 Å². The molecule has 0 amide bonds. The number of aliphatic hydroxyl groups excluding tert-OH is 1. The number of hydrogen-bond acceptors (Lipinski definition) is 2. The van der Waals surface area contributed by atoms with E-state index < -0.39 is 6.10 Å². The van der Waals surface area contributed by atoms with Gasteiger partial charge in [0.25, 0.3) is 0 Å². The molecule has 2 N–H and O–H groups in total. The van der Waals surface area contributed by atoms with Crippen molar-refractivity contribution >= 4 is 6.08 Å². The Hall–Kier alpha value is -2.06. The molecule has 1 aliphatic rings. The van der Waals surface area contributed by atoms with Crippen molar-refractivity contribution in [3.63, 3.8) is 0 Å². The van der Waals surface area contributed by atoms with Gasteiger partial charge in [-0.1, -0.05) is 48.6 Å². The molecule has 0 heterocycles. The van der Waals surface area contributed by atoms with Crippen LogP contribution in [0.25, 0.3) is 6.08 Å². The van der Waals surface area contributed by atoms with Crippen LogP contribution in [0.1, 0.15) is 28.7 Å². The molecule has 90 valence electrons. The molecule has 0 saturated heterocycles. The summed E-state index contributed by atoms with van der Waals surface area (Å²) in [5.74, 6) is 0.189. The van der Waals surface area contributed by atoms with Crippen LogP contribution in [0.3, 0.4) is 0 Å². The summed E-state index contributed by atoms with van der Waals surface area (Å²) in [5, 5.41) is 19.7. The topological polar surface area (TPSA) is 40.5 Å². The normalized spacial score (nSPS) is 21.6. The van der Waals surface area contributed by atoms with Crippen LogP contribution >= 0.6 is 0 Å². The van der Waals surface area contributed by atoms with Gasteiger partial charge in [0.05, 0.1) is 6.10 Å². The lowest BCUT2D eigenvalue weighted by molar-refractivity contribution is 0.160. The highest BCUT2D eigenvalue weighted by Gasteiger charge is 2.25. The van der Waals surface area contributed by atoms with Crippen molar-refractivity contribution < 1.29 is 10.2 Å². The third kappa shape index (κ3) is 1.81. The van der Waals surface area contributed by atoms with E-state index in [9.17, 15) is 10.2 Å². The molecule has 0 unspecified atom stereocenters. The lowest BCUT2D eigenvalue weighted by Crippen LogP contribution is -2.13. The first-order valence-electron chi connectivity index (χ1n) is 6.00. The summed E-state index contributed by atoms with van der Waals surface area (Å²) in [6.45, 7) is 0. The highest BCUT2D eigenvalue weighted by atomic mass is 16.3. The molecule has 0 saturated carbocycles. The summed E-state index contributed by atoms with van der Waals surface area (Å²) in [6.07, 6.45) is 3.52. The van der Waals surface area contributed by atoms with Gasteiger partial charge in [-0.05, 0) is 28.8 Å². The maximum absolute atomic E-state index is 10.4. The number of hydrogen-bond donors (Lipinski definition) is 2. The zero-order chi connectivity index (χ0) is 12.5. The average Bonchev–Trinajstić information content (AvgIpc) is 2.41. The number of phenols is 1. The number of aliphatic hydroxyl groups is 1. The first-order chi connectivity index (χ1) is 8.75. The molecular formula is C16H14O2. The lowest BCUT2D eigenvalue weighted by atomic mass is 9.83. The fourth-order valence-electron chi connectivity index (χ4n) is 2.43. The summed E-state index contributed by atoms with van der Waals surface area (Å²) in [7, 11) is 0. The van der Waals surface area contributed by atoms with Crippen molar-refractivity contribution in [2.24, 2.45) is 0 Å². The molecule has 3 rings (SSSR count). The van der Waals surface area contributed by atoms with Crippen LogP contribution in [-0.2, 0) is 0 Å². The first-order valence-corrected chi connectivity index (χ1v) is 6.00. The summed E-state index contributed by atoms with van der Waals surface area (Å²) in [4.78, 5) is 0. The van der Waals surface area contributed by atoms with Gasteiger partial charge in [0.2, 0.25) is 0 Å². The molecule has 2 aromatic carbocycles. The van der Waals surface area contributed by atoms with Gasteiger partial charge in [-0.25, -0.2) is 0 Å². The van der Waals surface area contributed by atoms with E-state index in [-0.39, 0.29) is 11.7 Å². The van der Waals surface area contributed by atoms with E-state index in [2.05, 4.69) is 0 Å². The van der Waals surface area contributed by atoms with E-state index in [1.54, 1.807) is 12.1 Å². The minimum absolute atomic E-state index is 0.0551. The maximum atomic E-state index is 10.4. The zero-order valence-corrected chi connectivity index (χ0v) is 9.82. The Morgan fingerprint density at radius 3 is 2.39 bits per heavy atom. The number of fused-ring (bicyclic) bond motifs is 1. The van der Waals surface area contributed by atoms with Gasteiger partial charge < -0.3 is 10.2 Å². The van der Waals surface area contributed by atoms with E-state index in [0.29, 0.717) is 0 Å². The van der Waals surface area contributed by atoms with E-state index in [1.165, 1.54) is 0 Å². The van der Waals surface area contributed by atoms with Crippen molar-refractivity contribution in [3.8, 4) is 5.75 Å². The molecule has 0 radical (unpaired) electrons. The molecule has 0 aromatic heterocycles. The van der Waals surface area contributed by atoms with Gasteiger partial charge in [0, 0.05) is 5.92 Å². The molecule has 1 aliphatic carbocycles. The zero-order valence-electron chi connectivity index (χ0n) is 9.82. The van der Waals surface area contributed by atoms with Crippen molar-refractivity contribution in [1.82, 2.24) is 0 Å². The van der Waals surface area contributed by atoms with Crippen molar-refractivity contribution in [3.05, 3.63) is 71.3 Å². The van der Waals surface area contributed by atoms with Crippen molar-refractivity contribution in [2.75, 3.05) is 0 Å². The fraction of sp³-hybridized carbons (Fsp3) is 0.125. The minimum atomic E-state index is -0.532. The number of phenolic OH excluding ortho intramolecular Hbond substituents is 1. The standard InChI is InChI=1S/C16H14O2/c17-13-8-5-12(6-9-13)15-10-7-11-3-1-2-4-14(11)16(15)18/h1-10,15-18H/t15-,16-/m0/s1. The molecule has 2 nitrogen and oxygen atoms in total. The van der Waals surface area contributed by atoms with E-state index >= 15 is 0 Å². The monoisotopic (exact) mass is 238 g/mol. The summed E-state index contributed by atoms with van der Waals surface area (Å²) in [6, 6.07) is 14.9. The second-order valence-corrected chi connectivity index (χ2v) is 4.55. The van der Waals surface area contributed by atoms with E-state index in [1.807, 2.05) is 48.6 Å². The molecule has 2 atom stereocenters. The Kier molecular flexibility index (Phi) is 2.65. The quantitative estimate of drug-likeness (QED) is 0.800. The van der Waals surface area contributed by atoms with Crippen LogP contribution in [0.5, 0.6) is 5.75 Å². The van der Waals surface area contributed by atoms with Crippen LogP contribution in [0.4, 0.5) is 0 Å². The van der Waals surface area contributed by atoms with Gasteiger partial charge in [-0.3, -0.25) is 0 Å². The molecule has 0 bridgehead atoms. The minimum Gasteiger partial charge on any atom is -0.508 e. The van der Waals surface area contributed by atoms with Gasteiger partial charge >= 0.3 is 0 Å². The van der Waals surface area contributed by atoms with Gasteiger partial charge in [-0.2, -0.15) is 0 Å². The molecule has 0 aliphatic heterocycles. The van der Waals surface area contributed by atoms with Gasteiger partial charge in [0.1, 0.15) is 5.75 Å². The fourth-order valence-corrected chi connectivity index (χ4v) is 2.43. The summed E-state index contributed by atoms with van der Waals surface area (Å²) in [5.41, 5.74) is 3.03. The molecular weight excluding hydrogens is 224 g/mol. The largest absolute Gasteiger partial charge is 0.508 e. The van der Waals surface area contributed by atoms with Gasteiger partial charge in [0.15, 0.2) is 0 Å². The molecule has 18 heavy (non-hydrogen) atoms.